The Morgan fingerprint density at radius 2 is 1.90 bits per heavy atom. The molecule has 20 heavy (non-hydrogen) atoms. The molecule has 2 aromatic carbocycles. The maximum Gasteiger partial charge on any atom is 0.131 e. The summed E-state index contributed by atoms with van der Waals surface area (Å²) in [6, 6.07) is 12.8. The van der Waals surface area contributed by atoms with Gasteiger partial charge in [0.25, 0.3) is 0 Å². The number of aryl methyl sites for hydroxylation is 1. The van der Waals surface area contributed by atoms with E-state index in [1.807, 2.05) is 36.4 Å². The third-order valence-electron chi connectivity index (χ3n) is 3.10. The zero-order valence-electron chi connectivity index (χ0n) is 11.7. The number of benzene rings is 2. The van der Waals surface area contributed by atoms with Crippen molar-refractivity contribution in [2.24, 2.45) is 0 Å². The minimum absolute atomic E-state index is 0.190. The zero-order valence-corrected chi connectivity index (χ0v) is 11.7. The Hall–Kier alpha value is -2.09. The molecule has 2 aromatic rings. The standard InChI is InChI=1S/C18H19FO/c1-3-5-14-6-11-18(19)17(13-14)15-7-9-16(10-8-15)20-12-4-2/h4,6-11,13H,2-3,5,12H2,1H3. The monoisotopic (exact) mass is 270 g/mol. The lowest BCUT2D eigenvalue weighted by Crippen LogP contribution is -1.93. The molecular formula is C18H19FO. The summed E-state index contributed by atoms with van der Waals surface area (Å²) in [6.45, 7) is 6.20. The van der Waals surface area contributed by atoms with Crippen LogP contribution in [0.15, 0.2) is 55.1 Å². The number of halogens is 1. The summed E-state index contributed by atoms with van der Waals surface area (Å²) in [5, 5.41) is 0. The average molecular weight is 270 g/mol. The second kappa shape index (κ2) is 6.90. The van der Waals surface area contributed by atoms with E-state index in [4.69, 9.17) is 4.74 Å². The van der Waals surface area contributed by atoms with Crippen LogP contribution < -0.4 is 4.74 Å². The largest absolute Gasteiger partial charge is 0.490 e. The fourth-order valence-corrected chi connectivity index (χ4v) is 2.12. The molecule has 0 spiro atoms. The molecule has 0 aliphatic heterocycles. The van der Waals surface area contributed by atoms with Crippen LogP contribution in [0.5, 0.6) is 5.75 Å². The predicted octanol–water partition coefficient (Wildman–Crippen LogP) is 5.01. The molecular weight excluding hydrogens is 251 g/mol. The summed E-state index contributed by atoms with van der Waals surface area (Å²) in [6.07, 6.45) is 3.72. The first-order valence-corrected chi connectivity index (χ1v) is 6.87. The number of ether oxygens (including phenoxy) is 1. The first-order valence-electron chi connectivity index (χ1n) is 6.87. The Balaban J connectivity index is 2.26. The van der Waals surface area contributed by atoms with Gasteiger partial charge in [0.15, 0.2) is 0 Å². The fourth-order valence-electron chi connectivity index (χ4n) is 2.12. The lowest BCUT2D eigenvalue weighted by Gasteiger charge is -2.08. The summed E-state index contributed by atoms with van der Waals surface area (Å²) in [5.74, 6) is 0.573. The molecule has 0 aliphatic carbocycles. The van der Waals surface area contributed by atoms with E-state index in [9.17, 15) is 4.39 Å². The highest BCUT2D eigenvalue weighted by atomic mass is 19.1. The molecule has 0 radical (unpaired) electrons. The van der Waals surface area contributed by atoms with Gasteiger partial charge >= 0.3 is 0 Å². The van der Waals surface area contributed by atoms with Crippen LogP contribution in [0.4, 0.5) is 4.39 Å². The minimum atomic E-state index is -0.190. The van der Waals surface area contributed by atoms with Crippen molar-refractivity contribution in [3.8, 4) is 16.9 Å². The quantitative estimate of drug-likeness (QED) is 0.670. The highest BCUT2D eigenvalue weighted by Crippen LogP contribution is 2.26. The maximum atomic E-state index is 14.0. The van der Waals surface area contributed by atoms with Gasteiger partial charge in [-0.25, -0.2) is 4.39 Å². The van der Waals surface area contributed by atoms with Crippen molar-refractivity contribution in [1.82, 2.24) is 0 Å². The Labute approximate surface area is 119 Å². The molecule has 0 aliphatic rings. The number of hydrogen-bond donors (Lipinski definition) is 0. The molecule has 2 rings (SSSR count). The van der Waals surface area contributed by atoms with Crippen molar-refractivity contribution in [1.29, 1.82) is 0 Å². The van der Waals surface area contributed by atoms with E-state index >= 15 is 0 Å². The second-order valence-corrected chi connectivity index (χ2v) is 4.69. The van der Waals surface area contributed by atoms with Crippen molar-refractivity contribution < 1.29 is 9.13 Å². The highest BCUT2D eigenvalue weighted by Gasteiger charge is 2.06. The molecule has 104 valence electrons. The van der Waals surface area contributed by atoms with Crippen molar-refractivity contribution in [3.05, 3.63) is 66.5 Å². The lowest BCUT2D eigenvalue weighted by molar-refractivity contribution is 0.363. The van der Waals surface area contributed by atoms with Crippen LogP contribution in [0.1, 0.15) is 18.9 Å². The lowest BCUT2D eigenvalue weighted by atomic mass is 10.0. The maximum absolute atomic E-state index is 14.0. The smallest absolute Gasteiger partial charge is 0.131 e. The third kappa shape index (κ3) is 3.47. The van der Waals surface area contributed by atoms with Crippen molar-refractivity contribution >= 4 is 0 Å². The predicted molar refractivity (Wildman–Crippen MR) is 81.5 cm³/mol. The minimum Gasteiger partial charge on any atom is -0.490 e. The summed E-state index contributed by atoms with van der Waals surface area (Å²) in [5.41, 5.74) is 2.67. The van der Waals surface area contributed by atoms with E-state index in [2.05, 4.69) is 13.5 Å². The van der Waals surface area contributed by atoms with Gasteiger partial charge in [0.1, 0.15) is 18.2 Å². The fraction of sp³-hybridized carbons (Fsp3) is 0.222. The van der Waals surface area contributed by atoms with Crippen molar-refractivity contribution in [2.75, 3.05) is 6.61 Å². The molecule has 2 heteroatoms. The Morgan fingerprint density at radius 1 is 1.15 bits per heavy atom. The first-order chi connectivity index (χ1) is 9.74. The third-order valence-corrected chi connectivity index (χ3v) is 3.10. The molecule has 0 heterocycles. The Morgan fingerprint density at radius 3 is 2.55 bits per heavy atom. The van der Waals surface area contributed by atoms with Gasteiger partial charge in [-0.3, -0.25) is 0 Å². The van der Waals surface area contributed by atoms with E-state index in [0.717, 1.165) is 29.7 Å². The Kier molecular flexibility index (Phi) is 4.94. The van der Waals surface area contributed by atoms with Gasteiger partial charge in [0.05, 0.1) is 0 Å². The van der Waals surface area contributed by atoms with Crippen LogP contribution >= 0.6 is 0 Å². The molecule has 0 amide bonds. The van der Waals surface area contributed by atoms with Gasteiger partial charge in [0.2, 0.25) is 0 Å². The summed E-state index contributed by atoms with van der Waals surface area (Å²) >= 11 is 0. The van der Waals surface area contributed by atoms with Crippen LogP contribution in [0.25, 0.3) is 11.1 Å². The molecule has 0 aromatic heterocycles. The van der Waals surface area contributed by atoms with Crippen LogP contribution in [0.2, 0.25) is 0 Å². The summed E-state index contributed by atoms with van der Waals surface area (Å²) < 4.78 is 19.4. The molecule has 0 atom stereocenters. The SMILES string of the molecule is C=CCOc1ccc(-c2cc(CCC)ccc2F)cc1. The van der Waals surface area contributed by atoms with Gasteiger partial charge in [-0.1, -0.05) is 44.2 Å². The van der Waals surface area contributed by atoms with E-state index in [0.29, 0.717) is 12.2 Å². The van der Waals surface area contributed by atoms with Gasteiger partial charge in [-0.2, -0.15) is 0 Å². The van der Waals surface area contributed by atoms with Crippen LogP contribution in [-0.2, 0) is 6.42 Å². The van der Waals surface area contributed by atoms with E-state index in [-0.39, 0.29) is 5.82 Å². The van der Waals surface area contributed by atoms with Crippen LogP contribution in [0, 0.1) is 5.82 Å². The normalized spacial score (nSPS) is 10.3. The molecule has 1 nitrogen and oxygen atoms in total. The average Bonchev–Trinajstić information content (AvgIpc) is 2.48. The molecule has 0 fully saturated rings. The van der Waals surface area contributed by atoms with Crippen LogP contribution in [-0.4, -0.2) is 6.61 Å². The zero-order chi connectivity index (χ0) is 14.4. The molecule has 0 N–H and O–H groups in total. The first kappa shape index (κ1) is 14.3. The molecule has 0 saturated carbocycles. The van der Waals surface area contributed by atoms with E-state index in [1.54, 1.807) is 12.1 Å². The van der Waals surface area contributed by atoms with Gasteiger partial charge in [0, 0.05) is 5.56 Å². The van der Waals surface area contributed by atoms with Crippen LogP contribution in [0.3, 0.4) is 0 Å². The summed E-state index contributed by atoms with van der Waals surface area (Å²) in [4.78, 5) is 0. The van der Waals surface area contributed by atoms with Gasteiger partial charge in [-0.05, 0) is 41.8 Å². The van der Waals surface area contributed by atoms with E-state index in [1.165, 1.54) is 0 Å². The number of rotatable bonds is 6. The molecule has 0 bridgehead atoms. The van der Waals surface area contributed by atoms with Gasteiger partial charge < -0.3 is 4.74 Å². The van der Waals surface area contributed by atoms with Crippen molar-refractivity contribution in [3.63, 3.8) is 0 Å². The number of hydrogen-bond acceptors (Lipinski definition) is 1. The summed E-state index contributed by atoms with van der Waals surface area (Å²) in [7, 11) is 0. The second-order valence-electron chi connectivity index (χ2n) is 4.69. The topological polar surface area (TPSA) is 9.23 Å². The highest BCUT2D eigenvalue weighted by molar-refractivity contribution is 5.65. The van der Waals surface area contributed by atoms with E-state index < -0.39 is 0 Å². The molecule has 0 saturated heterocycles. The molecule has 0 unspecified atom stereocenters. The Bertz CT molecular complexity index is 572. The van der Waals surface area contributed by atoms with Crippen molar-refractivity contribution in [2.45, 2.75) is 19.8 Å². The van der Waals surface area contributed by atoms with Gasteiger partial charge in [-0.15, -0.1) is 0 Å².